The number of carbonyl (C=O) groups is 1. The summed E-state index contributed by atoms with van der Waals surface area (Å²) in [6, 6.07) is 5.60. The summed E-state index contributed by atoms with van der Waals surface area (Å²) in [6.45, 7) is 4.44. The fourth-order valence-corrected chi connectivity index (χ4v) is 3.22. The number of carbonyl (C=O) groups excluding carboxylic acids is 1. The molecule has 0 heterocycles. The zero-order chi connectivity index (χ0) is 15.6. The van der Waals surface area contributed by atoms with E-state index in [1.807, 2.05) is 26.0 Å². The fraction of sp³-hybridized carbons (Fsp3) is 0.533. The molecule has 0 saturated heterocycles. The molecule has 5 nitrogen and oxygen atoms in total. The summed E-state index contributed by atoms with van der Waals surface area (Å²) >= 11 is 0. The van der Waals surface area contributed by atoms with E-state index in [1.54, 1.807) is 6.07 Å². The van der Waals surface area contributed by atoms with Crippen molar-refractivity contribution >= 4 is 21.6 Å². The van der Waals surface area contributed by atoms with Gasteiger partial charge in [0.15, 0.2) is 0 Å². The topological polar surface area (TPSA) is 66.5 Å². The number of rotatable bonds is 6. The minimum absolute atomic E-state index is 0.0319. The van der Waals surface area contributed by atoms with Crippen LogP contribution in [0, 0.1) is 19.8 Å². The molecule has 0 bridgehead atoms. The van der Waals surface area contributed by atoms with Crippen molar-refractivity contribution in [2.45, 2.75) is 26.7 Å². The molecule has 0 atom stereocenters. The highest BCUT2D eigenvalue weighted by atomic mass is 32.2. The van der Waals surface area contributed by atoms with Crippen molar-refractivity contribution in [3.63, 3.8) is 0 Å². The molecule has 1 aliphatic rings. The third kappa shape index (κ3) is 3.97. The number of hydrogen-bond donors (Lipinski definition) is 1. The quantitative estimate of drug-likeness (QED) is 0.868. The molecular weight excluding hydrogens is 288 g/mol. The highest BCUT2D eigenvalue weighted by Crippen LogP contribution is 2.28. The molecule has 0 spiro atoms. The molecule has 2 rings (SSSR count). The van der Waals surface area contributed by atoms with Crippen molar-refractivity contribution in [3.8, 4) is 0 Å². The van der Waals surface area contributed by atoms with Gasteiger partial charge in [-0.25, -0.2) is 8.42 Å². The Hall–Kier alpha value is -1.56. The van der Waals surface area contributed by atoms with Gasteiger partial charge in [-0.05, 0) is 43.9 Å². The van der Waals surface area contributed by atoms with E-state index in [9.17, 15) is 13.2 Å². The molecule has 1 N–H and O–H groups in total. The van der Waals surface area contributed by atoms with Crippen LogP contribution in [0.1, 0.15) is 24.0 Å². The van der Waals surface area contributed by atoms with Crippen LogP contribution in [0.15, 0.2) is 18.2 Å². The number of amides is 1. The van der Waals surface area contributed by atoms with E-state index in [1.165, 1.54) is 10.6 Å². The van der Waals surface area contributed by atoms with Gasteiger partial charge in [-0.2, -0.15) is 0 Å². The first kappa shape index (κ1) is 15.8. The third-order valence-corrected chi connectivity index (χ3v) is 4.99. The van der Waals surface area contributed by atoms with Crippen molar-refractivity contribution in [1.82, 2.24) is 5.32 Å². The Morgan fingerprint density at radius 2 is 2.00 bits per heavy atom. The van der Waals surface area contributed by atoms with Crippen LogP contribution in [-0.4, -0.2) is 33.7 Å². The molecule has 0 aromatic heterocycles. The number of anilines is 1. The van der Waals surface area contributed by atoms with Crippen molar-refractivity contribution in [2.75, 3.05) is 23.7 Å². The molecular formula is C15H22N2O3S. The predicted molar refractivity (Wildman–Crippen MR) is 83.8 cm³/mol. The number of sulfonamides is 1. The minimum Gasteiger partial charge on any atom is -0.354 e. The first-order valence-electron chi connectivity index (χ1n) is 7.12. The second-order valence-corrected chi connectivity index (χ2v) is 7.53. The molecule has 0 aliphatic heterocycles. The Bertz CT molecular complexity index is 636. The maximum Gasteiger partial charge on any atom is 0.232 e. The number of hydrogen-bond acceptors (Lipinski definition) is 3. The van der Waals surface area contributed by atoms with Gasteiger partial charge in [0.05, 0.1) is 18.5 Å². The molecule has 0 radical (unpaired) electrons. The summed E-state index contributed by atoms with van der Waals surface area (Å²) in [5.74, 6) is 0.168. The largest absolute Gasteiger partial charge is 0.354 e. The van der Waals surface area contributed by atoms with Crippen molar-refractivity contribution < 1.29 is 13.2 Å². The Morgan fingerprint density at radius 3 is 2.57 bits per heavy atom. The first-order chi connectivity index (χ1) is 9.80. The van der Waals surface area contributed by atoms with E-state index < -0.39 is 10.0 Å². The van der Waals surface area contributed by atoms with Gasteiger partial charge in [0.2, 0.25) is 15.9 Å². The molecule has 1 fully saturated rings. The number of aryl methyl sites for hydroxylation is 1. The SMILES string of the molecule is Cc1cccc(N(CCNC(=O)C2CC2)S(C)(=O)=O)c1C. The summed E-state index contributed by atoms with van der Waals surface area (Å²) in [7, 11) is -3.38. The summed E-state index contributed by atoms with van der Waals surface area (Å²) in [5.41, 5.74) is 2.66. The van der Waals surface area contributed by atoms with Gasteiger partial charge in [-0.1, -0.05) is 12.1 Å². The second-order valence-electron chi connectivity index (χ2n) is 5.62. The molecule has 1 aliphatic carbocycles. The van der Waals surface area contributed by atoms with Gasteiger partial charge in [0.1, 0.15) is 0 Å². The van der Waals surface area contributed by atoms with Crippen molar-refractivity contribution in [1.29, 1.82) is 0 Å². The van der Waals surface area contributed by atoms with Gasteiger partial charge in [0.25, 0.3) is 0 Å². The Kier molecular flexibility index (Phi) is 4.56. The van der Waals surface area contributed by atoms with Crippen LogP contribution in [0.5, 0.6) is 0 Å². The first-order valence-corrected chi connectivity index (χ1v) is 8.97. The van der Waals surface area contributed by atoms with Gasteiger partial charge in [0, 0.05) is 12.5 Å². The van der Waals surface area contributed by atoms with E-state index >= 15 is 0 Å². The highest BCUT2D eigenvalue weighted by Gasteiger charge is 2.29. The van der Waals surface area contributed by atoms with E-state index in [0.29, 0.717) is 12.2 Å². The van der Waals surface area contributed by atoms with Crippen molar-refractivity contribution in [2.24, 2.45) is 5.92 Å². The smallest absolute Gasteiger partial charge is 0.232 e. The molecule has 21 heavy (non-hydrogen) atoms. The van der Waals surface area contributed by atoms with Crippen molar-refractivity contribution in [3.05, 3.63) is 29.3 Å². The maximum atomic E-state index is 12.0. The highest BCUT2D eigenvalue weighted by molar-refractivity contribution is 7.92. The average molecular weight is 310 g/mol. The molecule has 0 unspecified atom stereocenters. The lowest BCUT2D eigenvalue weighted by molar-refractivity contribution is -0.122. The van der Waals surface area contributed by atoms with Gasteiger partial charge < -0.3 is 5.32 Å². The van der Waals surface area contributed by atoms with Crippen LogP contribution < -0.4 is 9.62 Å². The lowest BCUT2D eigenvalue weighted by Crippen LogP contribution is -2.39. The van der Waals surface area contributed by atoms with Crippen LogP contribution in [-0.2, 0) is 14.8 Å². The van der Waals surface area contributed by atoms with E-state index in [4.69, 9.17) is 0 Å². The van der Waals surface area contributed by atoms with E-state index in [2.05, 4.69) is 5.32 Å². The second kappa shape index (κ2) is 6.05. The molecule has 116 valence electrons. The van der Waals surface area contributed by atoms with Crippen LogP contribution in [0.2, 0.25) is 0 Å². The Labute approximate surface area is 126 Å². The minimum atomic E-state index is -3.38. The van der Waals surface area contributed by atoms with Gasteiger partial charge in [-0.15, -0.1) is 0 Å². The maximum absolute atomic E-state index is 12.0. The summed E-state index contributed by atoms with van der Waals surface area (Å²) in [6.07, 6.45) is 3.08. The Morgan fingerprint density at radius 1 is 1.33 bits per heavy atom. The zero-order valence-electron chi connectivity index (χ0n) is 12.7. The van der Waals surface area contributed by atoms with Crippen LogP contribution >= 0.6 is 0 Å². The fourth-order valence-electron chi connectivity index (χ4n) is 2.24. The van der Waals surface area contributed by atoms with Crippen LogP contribution in [0.4, 0.5) is 5.69 Å². The lowest BCUT2D eigenvalue weighted by Gasteiger charge is -2.25. The van der Waals surface area contributed by atoms with Crippen LogP contribution in [0.3, 0.4) is 0 Å². The normalized spacial score (nSPS) is 14.8. The predicted octanol–water partition coefficient (Wildman–Crippen LogP) is 1.60. The van der Waals surface area contributed by atoms with Crippen LogP contribution in [0.25, 0.3) is 0 Å². The summed E-state index contributed by atoms with van der Waals surface area (Å²) in [4.78, 5) is 11.6. The molecule has 1 aromatic carbocycles. The number of nitrogens with one attached hydrogen (secondary N) is 1. The summed E-state index contributed by atoms with van der Waals surface area (Å²) in [5, 5.41) is 2.81. The van der Waals surface area contributed by atoms with Gasteiger partial charge >= 0.3 is 0 Å². The number of benzene rings is 1. The molecule has 1 aromatic rings. The Balaban J connectivity index is 2.11. The number of nitrogens with zero attached hydrogens (tertiary/aromatic N) is 1. The zero-order valence-corrected chi connectivity index (χ0v) is 13.5. The molecule has 1 amide bonds. The average Bonchev–Trinajstić information content (AvgIpc) is 3.21. The lowest BCUT2D eigenvalue weighted by atomic mass is 10.1. The molecule has 6 heteroatoms. The van der Waals surface area contributed by atoms with E-state index in [-0.39, 0.29) is 18.4 Å². The third-order valence-electron chi connectivity index (χ3n) is 3.81. The molecule has 1 saturated carbocycles. The van der Waals surface area contributed by atoms with Gasteiger partial charge in [-0.3, -0.25) is 9.10 Å². The monoisotopic (exact) mass is 310 g/mol. The van der Waals surface area contributed by atoms with E-state index in [0.717, 1.165) is 24.0 Å². The standard InChI is InChI=1S/C15H22N2O3S/c1-11-5-4-6-14(12(11)2)17(21(3,19)20)10-9-16-15(18)13-7-8-13/h4-6,13H,7-10H2,1-3H3,(H,16,18). The summed E-state index contributed by atoms with van der Waals surface area (Å²) < 4.78 is 25.4.